The van der Waals surface area contributed by atoms with Gasteiger partial charge in [0.05, 0.1) is 13.0 Å². The van der Waals surface area contributed by atoms with Crippen LogP contribution in [0.25, 0.3) is 0 Å². The van der Waals surface area contributed by atoms with E-state index in [1.54, 1.807) is 14.0 Å². The maximum Gasteiger partial charge on any atom is 0.321 e. The zero-order valence-corrected chi connectivity index (χ0v) is 11.1. The van der Waals surface area contributed by atoms with Crippen LogP contribution in [0, 0.1) is 0 Å². The molecule has 0 bridgehead atoms. The van der Waals surface area contributed by atoms with Crippen molar-refractivity contribution in [3.8, 4) is 0 Å². The van der Waals surface area contributed by atoms with Gasteiger partial charge in [0.2, 0.25) is 5.91 Å². The average Bonchev–Trinajstić information content (AvgIpc) is 2.34. The molecule has 3 amide bonds. The maximum atomic E-state index is 11.3. The Morgan fingerprint density at radius 3 is 2.33 bits per heavy atom. The number of carbonyl (C=O) groups is 3. The number of hydrogen-bond acceptors (Lipinski definition) is 5. The highest BCUT2D eigenvalue weighted by atomic mass is 16.5. The van der Waals surface area contributed by atoms with Crippen molar-refractivity contribution in [3.05, 3.63) is 0 Å². The van der Waals surface area contributed by atoms with E-state index in [4.69, 9.17) is 4.74 Å². The molecule has 0 unspecified atom stereocenters. The van der Waals surface area contributed by atoms with E-state index in [9.17, 15) is 14.4 Å². The van der Waals surface area contributed by atoms with Gasteiger partial charge in [-0.25, -0.2) is 4.79 Å². The maximum absolute atomic E-state index is 11.3. The lowest BCUT2D eigenvalue weighted by Gasteiger charge is -2.15. The van der Waals surface area contributed by atoms with E-state index in [2.05, 4.69) is 10.6 Å². The first kappa shape index (κ1) is 16.4. The standard InChI is InChI=1S/C11H21N3O4/c1-4-18-10(16)6-8-14(3)7-5-9(15)13-11(17)12-2/h4-8H2,1-3H3,(H2,12,13,15,17). The Bertz CT molecular complexity index is 294. The van der Waals surface area contributed by atoms with Gasteiger partial charge in [0.1, 0.15) is 0 Å². The minimum absolute atomic E-state index is 0.201. The number of nitrogens with zero attached hydrogens (tertiary/aromatic N) is 1. The first-order valence-electron chi connectivity index (χ1n) is 5.85. The molecule has 104 valence electrons. The van der Waals surface area contributed by atoms with Gasteiger partial charge in [-0.05, 0) is 14.0 Å². The first-order chi connectivity index (χ1) is 8.49. The van der Waals surface area contributed by atoms with Crippen molar-refractivity contribution in [3.63, 3.8) is 0 Å². The van der Waals surface area contributed by atoms with Crippen LogP contribution in [-0.2, 0) is 14.3 Å². The lowest BCUT2D eigenvalue weighted by molar-refractivity contribution is -0.143. The Kier molecular flexibility index (Phi) is 8.55. The van der Waals surface area contributed by atoms with Crippen LogP contribution in [0.3, 0.4) is 0 Å². The molecule has 0 aromatic heterocycles. The third-order valence-electron chi connectivity index (χ3n) is 2.20. The fraction of sp³-hybridized carbons (Fsp3) is 0.727. The Balaban J connectivity index is 3.69. The highest BCUT2D eigenvalue weighted by Crippen LogP contribution is 1.93. The lowest BCUT2D eigenvalue weighted by Crippen LogP contribution is -2.38. The van der Waals surface area contributed by atoms with Crippen molar-refractivity contribution in [2.24, 2.45) is 0 Å². The molecule has 0 saturated carbocycles. The predicted molar refractivity (Wildman–Crippen MR) is 66.0 cm³/mol. The van der Waals surface area contributed by atoms with Crippen LogP contribution in [0.1, 0.15) is 19.8 Å². The molecule has 0 aliphatic heterocycles. The van der Waals surface area contributed by atoms with Crippen molar-refractivity contribution in [2.75, 3.05) is 33.8 Å². The summed E-state index contributed by atoms with van der Waals surface area (Å²) in [6.45, 7) is 3.12. The van der Waals surface area contributed by atoms with Crippen molar-refractivity contribution in [1.82, 2.24) is 15.5 Å². The molecule has 7 nitrogen and oxygen atoms in total. The molecule has 0 aliphatic carbocycles. The Hall–Kier alpha value is -1.63. The summed E-state index contributed by atoms with van der Waals surface area (Å²) in [5.74, 6) is -0.600. The van der Waals surface area contributed by atoms with Crippen LogP contribution in [0.2, 0.25) is 0 Å². The van der Waals surface area contributed by atoms with E-state index < -0.39 is 6.03 Å². The SMILES string of the molecule is CCOC(=O)CCN(C)CCC(=O)NC(=O)NC. The number of amides is 3. The summed E-state index contributed by atoms with van der Waals surface area (Å²) < 4.78 is 4.79. The van der Waals surface area contributed by atoms with Crippen molar-refractivity contribution < 1.29 is 19.1 Å². The third kappa shape index (κ3) is 8.51. The summed E-state index contributed by atoms with van der Waals surface area (Å²) in [5, 5.41) is 4.45. The molecule has 0 fully saturated rings. The molecule has 0 aromatic carbocycles. The van der Waals surface area contributed by atoms with E-state index in [1.807, 2.05) is 4.90 Å². The van der Waals surface area contributed by atoms with Gasteiger partial charge < -0.3 is 15.0 Å². The molecule has 0 aromatic rings. The fourth-order valence-corrected chi connectivity index (χ4v) is 1.17. The highest BCUT2D eigenvalue weighted by molar-refractivity contribution is 5.94. The topological polar surface area (TPSA) is 87.7 Å². The number of carbonyl (C=O) groups excluding carboxylic acids is 3. The number of nitrogens with one attached hydrogen (secondary N) is 2. The van der Waals surface area contributed by atoms with Crippen LogP contribution in [0.5, 0.6) is 0 Å². The molecule has 0 spiro atoms. The van der Waals surface area contributed by atoms with E-state index in [0.29, 0.717) is 26.1 Å². The second-order valence-electron chi connectivity index (χ2n) is 3.74. The minimum Gasteiger partial charge on any atom is -0.466 e. The molecule has 0 heterocycles. The van der Waals surface area contributed by atoms with Crippen LogP contribution in [-0.4, -0.2) is 56.6 Å². The molecule has 0 radical (unpaired) electrons. The van der Waals surface area contributed by atoms with Crippen LogP contribution >= 0.6 is 0 Å². The molecule has 0 rings (SSSR count). The van der Waals surface area contributed by atoms with Gasteiger partial charge in [0, 0.05) is 26.6 Å². The van der Waals surface area contributed by atoms with Crippen molar-refractivity contribution in [1.29, 1.82) is 0 Å². The average molecular weight is 259 g/mol. The number of urea groups is 1. The second-order valence-corrected chi connectivity index (χ2v) is 3.74. The van der Waals surface area contributed by atoms with Gasteiger partial charge in [0.15, 0.2) is 0 Å². The number of imide groups is 1. The number of ether oxygens (including phenoxy) is 1. The number of hydrogen-bond donors (Lipinski definition) is 2. The molecular formula is C11H21N3O4. The monoisotopic (exact) mass is 259 g/mol. The molecular weight excluding hydrogens is 238 g/mol. The highest BCUT2D eigenvalue weighted by Gasteiger charge is 2.09. The summed E-state index contributed by atoms with van der Waals surface area (Å²) >= 11 is 0. The molecule has 7 heteroatoms. The van der Waals surface area contributed by atoms with E-state index >= 15 is 0 Å². The molecule has 18 heavy (non-hydrogen) atoms. The number of rotatable bonds is 7. The van der Waals surface area contributed by atoms with Crippen molar-refractivity contribution >= 4 is 17.9 Å². The van der Waals surface area contributed by atoms with Gasteiger partial charge in [-0.15, -0.1) is 0 Å². The van der Waals surface area contributed by atoms with Gasteiger partial charge in [0.25, 0.3) is 0 Å². The zero-order valence-electron chi connectivity index (χ0n) is 11.1. The summed E-state index contributed by atoms with van der Waals surface area (Å²) in [5.41, 5.74) is 0. The van der Waals surface area contributed by atoms with Gasteiger partial charge in [-0.2, -0.15) is 0 Å². The van der Waals surface area contributed by atoms with Crippen molar-refractivity contribution in [2.45, 2.75) is 19.8 Å². The Labute approximate surface area is 107 Å². The lowest BCUT2D eigenvalue weighted by atomic mass is 10.3. The van der Waals surface area contributed by atoms with Crippen LogP contribution in [0.4, 0.5) is 4.79 Å². The number of esters is 1. The van der Waals surface area contributed by atoms with Crippen LogP contribution < -0.4 is 10.6 Å². The Morgan fingerprint density at radius 2 is 1.78 bits per heavy atom. The predicted octanol–water partition coefficient (Wildman–Crippen LogP) is -0.283. The van der Waals surface area contributed by atoms with E-state index in [1.165, 1.54) is 7.05 Å². The first-order valence-corrected chi connectivity index (χ1v) is 5.85. The van der Waals surface area contributed by atoms with Gasteiger partial charge in [-0.1, -0.05) is 0 Å². The van der Waals surface area contributed by atoms with Gasteiger partial charge >= 0.3 is 12.0 Å². The summed E-state index contributed by atoms with van der Waals surface area (Å²) in [4.78, 5) is 35.0. The van der Waals surface area contributed by atoms with E-state index in [-0.39, 0.29) is 18.3 Å². The second kappa shape index (κ2) is 9.41. The summed E-state index contributed by atoms with van der Waals surface area (Å²) in [6, 6.07) is -0.519. The molecule has 0 aliphatic rings. The summed E-state index contributed by atoms with van der Waals surface area (Å²) in [6.07, 6.45) is 0.494. The molecule has 0 saturated heterocycles. The normalized spacial score (nSPS) is 10.0. The smallest absolute Gasteiger partial charge is 0.321 e. The molecule has 2 N–H and O–H groups in total. The minimum atomic E-state index is -0.519. The molecule has 0 atom stereocenters. The fourth-order valence-electron chi connectivity index (χ4n) is 1.17. The largest absolute Gasteiger partial charge is 0.466 e. The Morgan fingerprint density at radius 1 is 1.17 bits per heavy atom. The van der Waals surface area contributed by atoms with E-state index in [0.717, 1.165) is 0 Å². The van der Waals surface area contributed by atoms with Crippen LogP contribution in [0.15, 0.2) is 0 Å². The quantitative estimate of drug-likeness (QED) is 0.614. The van der Waals surface area contributed by atoms with Gasteiger partial charge in [-0.3, -0.25) is 14.9 Å². The summed E-state index contributed by atoms with van der Waals surface area (Å²) in [7, 11) is 3.24. The third-order valence-corrected chi connectivity index (χ3v) is 2.20. The zero-order chi connectivity index (χ0) is 14.0.